The molecule has 1 fully saturated rings. The second kappa shape index (κ2) is 9.63. The highest BCUT2D eigenvalue weighted by Crippen LogP contribution is 2.32. The first-order chi connectivity index (χ1) is 16.5. The predicted octanol–water partition coefficient (Wildman–Crippen LogP) is 6.79. The number of para-hydroxylation sites is 1. The normalized spacial score (nSPS) is 15.4. The number of aryl methyl sites for hydroxylation is 1. The van der Waals surface area contributed by atoms with Gasteiger partial charge in [-0.15, -0.1) is 0 Å². The van der Waals surface area contributed by atoms with Crippen LogP contribution in [0.25, 0.3) is 21.8 Å². The first-order valence-corrected chi connectivity index (χ1v) is 12.7. The zero-order valence-electron chi connectivity index (χ0n) is 20.6. The van der Waals surface area contributed by atoms with Crippen LogP contribution in [0.15, 0.2) is 66.7 Å². The summed E-state index contributed by atoms with van der Waals surface area (Å²) in [6, 6.07) is 24.2. The van der Waals surface area contributed by atoms with E-state index in [0.29, 0.717) is 5.92 Å². The molecule has 0 atom stereocenters. The summed E-state index contributed by atoms with van der Waals surface area (Å²) < 4.78 is 2.41. The van der Waals surface area contributed by atoms with Gasteiger partial charge in [0, 0.05) is 46.5 Å². The minimum absolute atomic E-state index is 0.00960. The summed E-state index contributed by atoms with van der Waals surface area (Å²) in [7, 11) is 0. The molecule has 0 radical (unpaired) electrons. The van der Waals surface area contributed by atoms with Crippen molar-refractivity contribution in [2.24, 2.45) is 5.92 Å². The zero-order valence-corrected chi connectivity index (χ0v) is 20.6. The van der Waals surface area contributed by atoms with Gasteiger partial charge in [-0.2, -0.15) is 0 Å². The molecule has 1 aromatic heterocycles. The number of amides is 1. The van der Waals surface area contributed by atoms with Crippen LogP contribution in [0.4, 0.5) is 5.69 Å². The van der Waals surface area contributed by atoms with E-state index in [1.165, 1.54) is 32.9 Å². The van der Waals surface area contributed by atoms with E-state index < -0.39 is 0 Å². The Bertz CT molecular complexity index is 1310. The molecule has 1 N–H and O–H groups in total. The number of fused-ring (bicyclic) bond motifs is 3. The van der Waals surface area contributed by atoms with Crippen LogP contribution in [0, 0.1) is 5.92 Å². The van der Waals surface area contributed by atoms with Crippen molar-refractivity contribution in [1.82, 2.24) is 9.47 Å². The molecule has 176 valence electrons. The molecule has 0 spiro atoms. The number of nitrogens with one attached hydrogen (secondary N) is 1. The SMILES string of the molecule is CCn1c2ccccc2c2cc(CN3CCC(c4cccc(NC(=O)C(C)C)c4)CC3)ccc21. The summed E-state index contributed by atoms with van der Waals surface area (Å²) in [4.78, 5) is 14.7. The molecule has 0 bridgehead atoms. The van der Waals surface area contributed by atoms with Crippen LogP contribution in [0.5, 0.6) is 0 Å². The van der Waals surface area contributed by atoms with Gasteiger partial charge in [0.2, 0.25) is 5.91 Å². The Morgan fingerprint density at radius 1 is 0.941 bits per heavy atom. The lowest BCUT2D eigenvalue weighted by Gasteiger charge is -2.32. The van der Waals surface area contributed by atoms with Crippen LogP contribution in [0.3, 0.4) is 0 Å². The average molecular weight is 454 g/mol. The number of hydrogen-bond donors (Lipinski definition) is 1. The van der Waals surface area contributed by atoms with Gasteiger partial charge in [-0.1, -0.05) is 50.2 Å². The summed E-state index contributed by atoms with van der Waals surface area (Å²) >= 11 is 0. The van der Waals surface area contributed by atoms with Crippen LogP contribution in [0.1, 0.15) is 50.7 Å². The topological polar surface area (TPSA) is 37.3 Å². The van der Waals surface area contributed by atoms with Crippen molar-refractivity contribution in [3.63, 3.8) is 0 Å². The second-order valence-electron chi connectivity index (χ2n) is 9.93. The largest absolute Gasteiger partial charge is 0.341 e. The van der Waals surface area contributed by atoms with E-state index in [9.17, 15) is 4.79 Å². The van der Waals surface area contributed by atoms with Crippen molar-refractivity contribution in [2.75, 3.05) is 18.4 Å². The molecular weight excluding hydrogens is 418 g/mol. The molecule has 5 rings (SSSR count). The van der Waals surface area contributed by atoms with E-state index in [-0.39, 0.29) is 11.8 Å². The highest BCUT2D eigenvalue weighted by Gasteiger charge is 2.21. The minimum Gasteiger partial charge on any atom is -0.341 e. The highest BCUT2D eigenvalue weighted by atomic mass is 16.1. The number of carbonyl (C=O) groups is 1. The van der Waals surface area contributed by atoms with E-state index in [1.54, 1.807) is 0 Å². The van der Waals surface area contributed by atoms with E-state index in [4.69, 9.17) is 0 Å². The van der Waals surface area contributed by atoms with E-state index in [2.05, 4.69) is 82.4 Å². The van der Waals surface area contributed by atoms with Crippen molar-refractivity contribution >= 4 is 33.4 Å². The van der Waals surface area contributed by atoms with Crippen LogP contribution in [0.2, 0.25) is 0 Å². The smallest absolute Gasteiger partial charge is 0.226 e. The maximum Gasteiger partial charge on any atom is 0.226 e. The van der Waals surface area contributed by atoms with Gasteiger partial charge in [0.25, 0.3) is 0 Å². The maximum atomic E-state index is 12.1. The van der Waals surface area contributed by atoms with Crippen LogP contribution in [-0.4, -0.2) is 28.5 Å². The Hall–Kier alpha value is -3.11. The zero-order chi connectivity index (χ0) is 23.7. The Labute approximate surface area is 202 Å². The maximum absolute atomic E-state index is 12.1. The van der Waals surface area contributed by atoms with Crippen LogP contribution < -0.4 is 5.32 Å². The van der Waals surface area contributed by atoms with Crippen molar-refractivity contribution in [1.29, 1.82) is 0 Å². The number of rotatable bonds is 6. The Morgan fingerprint density at radius 2 is 1.71 bits per heavy atom. The van der Waals surface area contributed by atoms with Gasteiger partial charge >= 0.3 is 0 Å². The summed E-state index contributed by atoms with van der Waals surface area (Å²) in [5, 5.41) is 5.76. The number of nitrogens with zero attached hydrogens (tertiary/aromatic N) is 2. The number of hydrogen-bond acceptors (Lipinski definition) is 2. The Kier molecular flexibility index (Phi) is 6.42. The standard InChI is InChI=1S/C30H35N3O/c1-4-33-28-11-6-5-10-26(28)27-18-22(12-13-29(27)33)20-32-16-14-23(15-17-32)24-8-7-9-25(19-24)31-30(34)21(2)3/h5-13,18-19,21,23H,4,14-17,20H2,1-3H3,(H,31,34). The Balaban J connectivity index is 1.26. The molecule has 1 amide bonds. The van der Waals surface area contributed by atoms with Crippen molar-refractivity contribution < 1.29 is 4.79 Å². The van der Waals surface area contributed by atoms with Crippen molar-refractivity contribution in [2.45, 2.75) is 52.6 Å². The van der Waals surface area contributed by atoms with Crippen LogP contribution in [-0.2, 0) is 17.9 Å². The highest BCUT2D eigenvalue weighted by molar-refractivity contribution is 6.08. The number of carbonyl (C=O) groups excluding carboxylic acids is 1. The van der Waals surface area contributed by atoms with E-state index >= 15 is 0 Å². The lowest BCUT2D eigenvalue weighted by molar-refractivity contribution is -0.118. The molecule has 0 unspecified atom stereocenters. The number of likely N-dealkylation sites (tertiary alicyclic amines) is 1. The van der Waals surface area contributed by atoms with E-state index in [0.717, 1.165) is 44.7 Å². The summed E-state index contributed by atoms with van der Waals surface area (Å²) in [6.45, 7) is 10.3. The lowest BCUT2D eigenvalue weighted by atomic mass is 9.89. The van der Waals surface area contributed by atoms with Gasteiger partial charge in [-0.25, -0.2) is 0 Å². The predicted molar refractivity (Wildman–Crippen MR) is 142 cm³/mol. The van der Waals surface area contributed by atoms with Crippen LogP contribution >= 0.6 is 0 Å². The molecule has 34 heavy (non-hydrogen) atoms. The van der Waals surface area contributed by atoms with Gasteiger partial charge in [0.05, 0.1) is 0 Å². The molecule has 2 heterocycles. The fourth-order valence-electron chi connectivity index (χ4n) is 5.38. The third-order valence-corrected chi connectivity index (χ3v) is 7.30. The number of anilines is 1. The summed E-state index contributed by atoms with van der Waals surface area (Å²) in [5.41, 5.74) is 6.30. The van der Waals surface area contributed by atoms with Gasteiger partial charge in [-0.05, 0) is 80.2 Å². The molecule has 1 aliphatic rings. The molecular formula is C30H35N3O. The third-order valence-electron chi connectivity index (χ3n) is 7.30. The molecule has 4 heteroatoms. The second-order valence-corrected chi connectivity index (χ2v) is 9.93. The average Bonchev–Trinajstić information content (AvgIpc) is 3.17. The summed E-state index contributed by atoms with van der Waals surface area (Å²) in [5.74, 6) is 0.618. The molecule has 0 saturated carbocycles. The van der Waals surface area contributed by atoms with Crippen molar-refractivity contribution in [3.8, 4) is 0 Å². The fourth-order valence-corrected chi connectivity index (χ4v) is 5.38. The summed E-state index contributed by atoms with van der Waals surface area (Å²) in [6.07, 6.45) is 2.30. The fraction of sp³-hybridized carbons (Fsp3) is 0.367. The van der Waals surface area contributed by atoms with E-state index in [1.807, 2.05) is 19.9 Å². The molecule has 3 aromatic carbocycles. The lowest BCUT2D eigenvalue weighted by Crippen LogP contribution is -2.32. The van der Waals surface area contributed by atoms with Gasteiger partial charge in [-0.3, -0.25) is 9.69 Å². The van der Waals surface area contributed by atoms with Gasteiger partial charge in [0.1, 0.15) is 0 Å². The molecule has 1 aliphatic heterocycles. The number of benzene rings is 3. The Morgan fingerprint density at radius 3 is 2.47 bits per heavy atom. The quantitative estimate of drug-likeness (QED) is 0.349. The molecule has 1 saturated heterocycles. The first kappa shape index (κ1) is 22.7. The third kappa shape index (κ3) is 4.47. The number of piperidine rings is 1. The monoisotopic (exact) mass is 453 g/mol. The molecule has 4 aromatic rings. The first-order valence-electron chi connectivity index (χ1n) is 12.7. The molecule has 0 aliphatic carbocycles. The number of aromatic nitrogens is 1. The van der Waals surface area contributed by atoms with Gasteiger partial charge in [0.15, 0.2) is 0 Å². The van der Waals surface area contributed by atoms with Gasteiger partial charge < -0.3 is 9.88 Å². The molecule has 4 nitrogen and oxygen atoms in total. The van der Waals surface area contributed by atoms with Crippen molar-refractivity contribution in [3.05, 3.63) is 77.9 Å². The minimum atomic E-state index is -0.00960.